The van der Waals surface area contributed by atoms with E-state index in [0.29, 0.717) is 31.0 Å². The first-order valence-electron chi connectivity index (χ1n) is 7.02. The summed E-state index contributed by atoms with van der Waals surface area (Å²) in [7, 11) is 0. The van der Waals surface area contributed by atoms with Crippen molar-refractivity contribution in [2.24, 2.45) is 10.7 Å². The fourth-order valence-electron chi connectivity index (χ4n) is 2.37. The first-order valence-corrected chi connectivity index (χ1v) is 7.02. The van der Waals surface area contributed by atoms with Gasteiger partial charge in [0.15, 0.2) is 5.96 Å². The van der Waals surface area contributed by atoms with E-state index in [0.717, 1.165) is 19.4 Å². The van der Waals surface area contributed by atoms with Gasteiger partial charge in [-0.1, -0.05) is 0 Å². The minimum Gasteiger partial charge on any atom is -0.370 e. The summed E-state index contributed by atoms with van der Waals surface area (Å²) in [6.45, 7) is 3.52. The second-order valence-electron chi connectivity index (χ2n) is 5.37. The molecule has 1 saturated carbocycles. The third kappa shape index (κ3) is 3.89. The number of amides is 1. The van der Waals surface area contributed by atoms with Crippen molar-refractivity contribution in [1.29, 1.82) is 0 Å². The molecular formula is C13H24N4O. The predicted octanol–water partition coefficient (Wildman–Crippen LogP) is 0.844. The first-order chi connectivity index (χ1) is 8.66. The molecule has 1 heterocycles. The number of hydrogen-bond acceptors (Lipinski definition) is 2. The number of nitrogens with two attached hydrogens (primary N) is 1. The van der Waals surface area contributed by atoms with Crippen LogP contribution in [-0.2, 0) is 4.79 Å². The molecule has 5 heteroatoms. The number of hydrogen-bond donors (Lipinski definition) is 2. The maximum Gasteiger partial charge on any atom is 0.224 e. The van der Waals surface area contributed by atoms with Gasteiger partial charge in [-0.15, -0.1) is 0 Å². The van der Waals surface area contributed by atoms with E-state index in [2.05, 4.69) is 17.2 Å². The highest BCUT2D eigenvalue weighted by Crippen LogP contribution is 2.18. The molecule has 0 spiro atoms. The van der Waals surface area contributed by atoms with E-state index in [9.17, 15) is 4.79 Å². The molecule has 0 unspecified atom stereocenters. The number of carbonyl (C=O) groups is 1. The number of piperidine rings is 1. The average molecular weight is 252 g/mol. The van der Waals surface area contributed by atoms with Crippen molar-refractivity contribution < 1.29 is 4.79 Å². The lowest BCUT2D eigenvalue weighted by molar-refractivity contribution is -0.134. The van der Waals surface area contributed by atoms with Crippen LogP contribution in [0.1, 0.15) is 45.4 Å². The average Bonchev–Trinajstić information content (AvgIpc) is 3.13. The minimum absolute atomic E-state index is 0.213. The van der Waals surface area contributed by atoms with Crippen molar-refractivity contribution in [3.8, 4) is 0 Å². The van der Waals surface area contributed by atoms with Gasteiger partial charge in [-0.3, -0.25) is 9.79 Å². The van der Waals surface area contributed by atoms with Crippen molar-refractivity contribution >= 4 is 11.9 Å². The summed E-state index contributed by atoms with van der Waals surface area (Å²) >= 11 is 0. The number of nitrogens with one attached hydrogen (secondary N) is 1. The first kappa shape index (κ1) is 13.2. The Labute approximate surface area is 109 Å². The Morgan fingerprint density at radius 1 is 1.39 bits per heavy atom. The number of guanidine groups is 1. The molecule has 1 atom stereocenters. The fraction of sp³-hybridized carbons (Fsp3) is 0.846. The van der Waals surface area contributed by atoms with Crippen LogP contribution >= 0.6 is 0 Å². The summed E-state index contributed by atoms with van der Waals surface area (Å²) in [5, 5.41) is 3.12. The summed E-state index contributed by atoms with van der Waals surface area (Å²) in [6, 6.07) is 0.906. The van der Waals surface area contributed by atoms with Gasteiger partial charge in [0.25, 0.3) is 0 Å². The van der Waals surface area contributed by atoms with E-state index >= 15 is 0 Å². The Bertz CT molecular complexity index is 325. The second kappa shape index (κ2) is 6.07. The highest BCUT2D eigenvalue weighted by molar-refractivity contribution is 5.80. The number of rotatable bonds is 4. The number of aliphatic imine (C=N–C) groups is 1. The van der Waals surface area contributed by atoms with E-state index in [-0.39, 0.29) is 5.91 Å². The molecular weight excluding hydrogens is 228 g/mol. The quantitative estimate of drug-likeness (QED) is 0.575. The van der Waals surface area contributed by atoms with Gasteiger partial charge in [-0.05, 0) is 39.0 Å². The largest absolute Gasteiger partial charge is 0.370 e. The van der Waals surface area contributed by atoms with Crippen molar-refractivity contribution in [1.82, 2.24) is 10.2 Å². The van der Waals surface area contributed by atoms with Gasteiger partial charge in [0, 0.05) is 25.0 Å². The molecule has 1 amide bonds. The van der Waals surface area contributed by atoms with Crippen LogP contribution in [-0.4, -0.2) is 41.9 Å². The standard InChI is InChI=1S/C13H24N4O/c1-10-4-2-3-9-17(10)12(18)7-8-15-13(14)16-11-5-6-11/h10-11H,2-9H2,1H3,(H3,14,15,16)/t10-/m0/s1. The molecule has 3 N–H and O–H groups in total. The van der Waals surface area contributed by atoms with E-state index in [1.165, 1.54) is 19.3 Å². The molecule has 2 rings (SSSR count). The summed E-state index contributed by atoms with van der Waals surface area (Å²) in [6.07, 6.45) is 6.32. The Kier molecular flexibility index (Phi) is 4.44. The Balaban J connectivity index is 1.69. The molecule has 1 aliphatic heterocycles. The molecule has 0 aromatic heterocycles. The normalized spacial score (nSPS) is 25.1. The van der Waals surface area contributed by atoms with Crippen LogP contribution in [0.4, 0.5) is 0 Å². The smallest absolute Gasteiger partial charge is 0.224 e. The third-order valence-electron chi connectivity index (χ3n) is 3.66. The number of nitrogens with zero attached hydrogens (tertiary/aromatic N) is 2. The van der Waals surface area contributed by atoms with Gasteiger partial charge in [0.1, 0.15) is 0 Å². The Hall–Kier alpha value is -1.26. The van der Waals surface area contributed by atoms with Gasteiger partial charge < -0.3 is 16.0 Å². The molecule has 5 nitrogen and oxygen atoms in total. The molecule has 0 aromatic rings. The highest BCUT2D eigenvalue weighted by Gasteiger charge is 2.23. The van der Waals surface area contributed by atoms with Gasteiger partial charge in [0.05, 0.1) is 6.54 Å². The monoisotopic (exact) mass is 252 g/mol. The van der Waals surface area contributed by atoms with Crippen molar-refractivity contribution in [3.63, 3.8) is 0 Å². The molecule has 2 aliphatic rings. The van der Waals surface area contributed by atoms with Crippen molar-refractivity contribution in [3.05, 3.63) is 0 Å². The third-order valence-corrected chi connectivity index (χ3v) is 3.66. The summed E-state index contributed by atoms with van der Waals surface area (Å²) in [5.41, 5.74) is 5.72. The molecule has 1 aliphatic carbocycles. The van der Waals surface area contributed by atoms with Crippen LogP contribution in [0.15, 0.2) is 4.99 Å². The molecule has 0 bridgehead atoms. The van der Waals surface area contributed by atoms with Crippen LogP contribution in [0, 0.1) is 0 Å². The minimum atomic E-state index is 0.213. The van der Waals surface area contributed by atoms with E-state index in [1.54, 1.807) is 0 Å². The van der Waals surface area contributed by atoms with Gasteiger partial charge >= 0.3 is 0 Å². The van der Waals surface area contributed by atoms with Crippen LogP contribution in [0.2, 0.25) is 0 Å². The lowest BCUT2D eigenvalue weighted by atomic mass is 10.0. The molecule has 2 fully saturated rings. The Morgan fingerprint density at radius 3 is 2.83 bits per heavy atom. The summed E-state index contributed by atoms with van der Waals surface area (Å²) in [5.74, 6) is 0.696. The molecule has 0 aromatic carbocycles. The second-order valence-corrected chi connectivity index (χ2v) is 5.37. The lowest BCUT2D eigenvalue weighted by Crippen LogP contribution is -2.42. The van der Waals surface area contributed by atoms with Crippen LogP contribution in [0.3, 0.4) is 0 Å². The molecule has 102 valence electrons. The number of likely N-dealkylation sites (tertiary alicyclic amines) is 1. The topological polar surface area (TPSA) is 70.7 Å². The SMILES string of the molecule is C[C@H]1CCCCN1C(=O)CCN=C(N)NC1CC1. The fourth-order valence-corrected chi connectivity index (χ4v) is 2.37. The van der Waals surface area contributed by atoms with Crippen LogP contribution in [0.25, 0.3) is 0 Å². The predicted molar refractivity (Wildman–Crippen MR) is 72.3 cm³/mol. The van der Waals surface area contributed by atoms with Gasteiger partial charge in [-0.25, -0.2) is 0 Å². The summed E-state index contributed by atoms with van der Waals surface area (Å²) < 4.78 is 0. The van der Waals surface area contributed by atoms with Crippen molar-refractivity contribution in [2.45, 2.75) is 57.5 Å². The zero-order valence-corrected chi connectivity index (χ0v) is 11.2. The summed E-state index contributed by atoms with van der Waals surface area (Å²) in [4.78, 5) is 18.2. The Morgan fingerprint density at radius 2 is 2.17 bits per heavy atom. The zero-order chi connectivity index (χ0) is 13.0. The van der Waals surface area contributed by atoms with E-state index in [4.69, 9.17) is 5.73 Å². The van der Waals surface area contributed by atoms with Gasteiger partial charge in [-0.2, -0.15) is 0 Å². The van der Waals surface area contributed by atoms with E-state index in [1.807, 2.05) is 4.90 Å². The maximum absolute atomic E-state index is 12.0. The van der Waals surface area contributed by atoms with Crippen molar-refractivity contribution in [2.75, 3.05) is 13.1 Å². The van der Waals surface area contributed by atoms with Crippen LogP contribution in [0.5, 0.6) is 0 Å². The molecule has 0 radical (unpaired) electrons. The molecule has 18 heavy (non-hydrogen) atoms. The molecule has 1 saturated heterocycles. The maximum atomic E-state index is 12.0. The van der Waals surface area contributed by atoms with Gasteiger partial charge in [0.2, 0.25) is 5.91 Å². The lowest BCUT2D eigenvalue weighted by Gasteiger charge is -2.33. The zero-order valence-electron chi connectivity index (χ0n) is 11.2. The van der Waals surface area contributed by atoms with Crippen LogP contribution < -0.4 is 11.1 Å². The highest BCUT2D eigenvalue weighted by atomic mass is 16.2. The number of carbonyl (C=O) groups excluding carboxylic acids is 1. The van der Waals surface area contributed by atoms with E-state index < -0.39 is 0 Å².